The van der Waals surface area contributed by atoms with Gasteiger partial charge in [-0.25, -0.2) is 9.67 Å². The van der Waals surface area contributed by atoms with Gasteiger partial charge in [-0.1, -0.05) is 11.6 Å². The highest BCUT2D eigenvalue weighted by atomic mass is 35.5. The molecule has 21 heavy (non-hydrogen) atoms. The number of hydrogen-bond acceptors (Lipinski definition) is 5. The normalized spacial score (nSPS) is 10.8. The second-order valence-corrected chi connectivity index (χ2v) is 4.72. The lowest BCUT2D eigenvalue weighted by atomic mass is 10.1. The highest BCUT2D eigenvalue weighted by molar-refractivity contribution is 6.30. The first-order valence-corrected chi connectivity index (χ1v) is 6.59. The molecule has 0 saturated carbocycles. The van der Waals surface area contributed by atoms with E-state index in [9.17, 15) is 4.79 Å². The van der Waals surface area contributed by atoms with Crippen LogP contribution < -0.4 is 0 Å². The molecule has 0 aromatic carbocycles. The molecular weight excluding hydrogens is 292 g/mol. The number of carbonyl (C=O) groups is 1. The zero-order valence-electron chi connectivity index (χ0n) is 11.1. The molecule has 0 aliphatic carbocycles. The third kappa shape index (κ3) is 2.55. The lowest BCUT2D eigenvalue weighted by molar-refractivity contribution is -0.107. The minimum absolute atomic E-state index is 0.177. The molecule has 3 aromatic rings. The number of halogens is 1. The molecule has 0 radical (unpaired) electrons. The third-order valence-corrected chi connectivity index (χ3v) is 3.22. The second kappa shape index (κ2) is 5.45. The Morgan fingerprint density at radius 1 is 1.33 bits per heavy atom. The van der Waals surface area contributed by atoms with Gasteiger partial charge in [-0.3, -0.25) is 0 Å². The van der Waals surface area contributed by atoms with Crippen LogP contribution in [-0.4, -0.2) is 36.0 Å². The van der Waals surface area contributed by atoms with Crippen molar-refractivity contribution in [1.29, 1.82) is 0 Å². The molecule has 8 heteroatoms. The molecule has 0 fully saturated rings. The maximum absolute atomic E-state index is 10.8. The van der Waals surface area contributed by atoms with Crippen LogP contribution in [0.1, 0.15) is 11.3 Å². The molecule has 0 amide bonds. The second-order valence-electron chi connectivity index (χ2n) is 4.36. The Balaban J connectivity index is 2.10. The summed E-state index contributed by atoms with van der Waals surface area (Å²) in [5.74, 6) is 0.572. The van der Waals surface area contributed by atoms with Crippen molar-refractivity contribution in [2.24, 2.45) is 0 Å². The lowest BCUT2D eigenvalue weighted by Crippen LogP contribution is -2.06. The van der Waals surface area contributed by atoms with Crippen molar-refractivity contribution in [2.75, 3.05) is 0 Å². The van der Waals surface area contributed by atoms with Gasteiger partial charge >= 0.3 is 0 Å². The Kier molecular flexibility index (Phi) is 3.49. The van der Waals surface area contributed by atoms with Crippen molar-refractivity contribution in [3.8, 4) is 11.5 Å². The summed E-state index contributed by atoms with van der Waals surface area (Å²) in [6, 6.07) is 3.60. The topological polar surface area (TPSA) is 78.5 Å². The van der Waals surface area contributed by atoms with E-state index in [2.05, 4.69) is 20.3 Å². The minimum Gasteiger partial charge on any atom is -0.303 e. The molecule has 0 aliphatic rings. The Hall–Kier alpha value is -2.54. The fraction of sp³-hybridized carbons (Fsp3) is 0.154. The lowest BCUT2D eigenvalue weighted by Gasteiger charge is -2.10. The summed E-state index contributed by atoms with van der Waals surface area (Å²) in [6.45, 7) is 1.83. The number of aldehydes is 1. The van der Waals surface area contributed by atoms with Gasteiger partial charge in [-0.15, -0.1) is 9.90 Å². The van der Waals surface area contributed by atoms with Gasteiger partial charge in [0.05, 0.1) is 18.1 Å². The molecule has 0 bridgehead atoms. The molecule has 3 heterocycles. The van der Waals surface area contributed by atoms with Crippen LogP contribution >= 0.6 is 11.6 Å². The van der Waals surface area contributed by atoms with Crippen molar-refractivity contribution in [3.05, 3.63) is 47.1 Å². The highest BCUT2D eigenvalue weighted by Gasteiger charge is 2.13. The average molecular weight is 303 g/mol. The largest absolute Gasteiger partial charge is 0.303 e. The summed E-state index contributed by atoms with van der Waals surface area (Å²) in [5.41, 5.74) is 2.11. The summed E-state index contributed by atoms with van der Waals surface area (Å²) >= 11 is 6.13. The van der Waals surface area contributed by atoms with E-state index >= 15 is 0 Å². The molecule has 3 rings (SSSR count). The molecule has 106 valence electrons. The van der Waals surface area contributed by atoms with E-state index < -0.39 is 0 Å². The first-order valence-electron chi connectivity index (χ1n) is 6.21. The number of hydrogen-bond donors (Lipinski definition) is 0. The summed E-state index contributed by atoms with van der Waals surface area (Å²) < 4.78 is 1.64. The van der Waals surface area contributed by atoms with Crippen molar-refractivity contribution >= 4 is 17.9 Å². The summed E-state index contributed by atoms with van der Waals surface area (Å²) in [4.78, 5) is 16.4. The standard InChI is InChI=1S/C13H11ClN6O/c1-9-8-11(10(3-7-21)13(14)17-9)19-6-2-12(18-19)20-15-4-5-16-20/h2,4-8H,3H2,1H3. The number of aromatic nitrogens is 6. The predicted molar refractivity (Wildman–Crippen MR) is 75.8 cm³/mol. The van der Waals surface area contributed by atoms with Crippen LogP contribution in [0, 0.1) is 6.92 Å². The number of pyridine rings is 1. The van der Waals surface area contributed by atoms with Gasteiger partial charge in [0, 0.05) is 29.9 Å². The van der Waals surface area contributed by atoms with E-state index in [-0.39, 0.29) is 6.42 Å². The number of nitrogens with zero attached hydrogens (tertiary/aromatic N) is 6. The molecule has 0 N–H and O–H groups in total. The molecule has 3 aromatic heterocycles. The third-order valence-electron chi connectivity index (χ3n) is 2.91. The number of carbonyl (C=O) groups excluding carboxylic acids is 1. The Labute approximate surface area is 125 Å². The van der Waals surface area contributed by atoms with Gasteiger partial charge < -0.3 is 4.79 Å². The van der Waals surface area contributed by atoms with Gasteiger partial charge in [0.15, 0.2) is 5.82 Å². The van der Waals surface area contributed by atoms with Crippen molar-refractivity contribution in [1.82, 2.24) is 29.8 Å². The SMILES string of the molecule is Cc1cc(-n2ccc(-n3nccn3)n2)c(CC=O)c(Cl)n1. The van der Waals surface area contributed by atoms with E-state index in [4.69, 9.17) is 11.6 Å². The van der Waals surface area contributed by atoms with E-state index in [1.54, 1.807) is 29.3 Å². The Morgan fingerprint density at radius 2 is 2.10 bits per heavy atom. The van der Waals surface area contributed by atoms with E-state index in [1.165, 1.54) is 4.80 Å². The first-order chi connectivity index (χ1) is 10.2. The van der Waals surface area contributed by atoms with Crippen LogP contribution in [0.5, 0.6) is 0 Å². The average Bonchev–Trinajstić information content (AvgIpc) is 3.10. The Morgan fingerprint density at radius 3 is 2.81 bits per heavy atom. The van der Waals surface area contributed by atoms with Crippen LogP contribution in [-0.2, 0) is 11.2 Å². The molecule has 0 atom stereocenters. The maximum atomic E-state index is 10.8. The van der Waals surface area contributed by atoms with Crippen LogP contribution in [0.25, 0.3) is 11.5 Å². The first kappa shape index (κ1) is 13.4. The monoisotopic (exact) mass is 302 g/mol. The van der Waals surface area contributed by atoms with Crippen LogP contribution in [0.4, 0.5) is 0 Å². The summed E-state index contributed by atoms with van der Waals surface area (Å²) in [7, 11) is 0. The molecule has 0 unspecified atom stereocenters. The Bertz CT molecular complexity index is 780. The zero-order valence-corrected chi connectivity index (χ0v) is 11.9. The molecule has 0 saturated heterocycles. The van der Waals surface area contributed by atoms with Crippen LogP contribution in [0.2, 0.25) is 5.15 Å². The van der Waals surface area contributed by atoms with E-state index in [0.717, 1.165) is 17.7 Å². The van der Waals surface area contributed by atoms with Gasteiger partial charge in [0.25, 0.3) is 0 Å². The smallest absolute Gasteiger partial charge is 0.196 e. The maximum Gasteiger partial charge on any atom is 0.196 e. The van der Waals surface area contributed by atoms with E-state index in [0.29, 0.717) is 16.5 Å². The number of aryl methyl sites for hydroxylation is 1. The highest BCUT2D eigenvalue weighted by Crippen LogP contribution is 2.23. The molecule has 0 aliphatic heterocycles. The fourth-order valence-electron chi connectivity index (χ4n) is 2.01. The quantitative estimate of drug-likeness (QED) is 0.540. The zero-order chi connectivity index (χ0) is 14.8. The molecule has 0 spiro atoms. The summed E-state index contributed by atoms with van der Waals surface area (Å²) in [5, 5.41) is 12.8. The minimum atomic E-state index is 0.177. The van der Waals surface area contributed by atoms with Gasteiger partial charge in [-0.05, 0) is 13.0 Å². The predicted octanol–water partition coefficient (Wildman–Crippen LogP) is 1.55. The van der Waals surface area contributed by atoms with Crippen molar-refractivity contribution in [2.45, 2.75) is 13.3 Å². The fourth-order valence-corrected chi connectivity index (χ4v) is 2.32. The van der Waals surface area contributed by atoms with Crippen molar-refractivity contribution in [3.63, 3.8) is 0 Å². The molecule has 7 nitrogen and oxygen atoms in total. The summed E-state index contributed by atoms with van der Waals surface area (Å²) in [6.07, 6.45) is 5.88. The number of rotatable bonds is 4. The van der Waals surface area contributed by atoms with Crippen molar-refractivity contribution < 1.29 is 4.79 Å². The molecular formula is C13H11ClN6O. The van der Waals surface area contributed by atoms with Gasteiger partial charge in [-0.2, -0.15) is 10.2 Å². The van der Waals surface area contributed by atoms with Crippen LogP contribution in [0.3, 0.4) is 0 Å². The van der Waals surface area contributed by atoms with Gasteiger partial charge in [0.2, 0.25) is 0 Å². The van der Waals surface area contributed by atoms with Gasteiger partial charge in [0.1, 0.15) is 11.4 Å². The van der Waals surface area contributed by atoms with E-state index in [1.807, 2.05) is 13.0 Å². The van der Waals surface area contributed by atoms with Crippen LogP contribution in [0.15, 0.2) is 30.7 Å².